The summed E-state index contributed by atoms with van der Waals surface area (Å²) in [6, 6.07) is 4.09. The van der Waals surface area contributed by atoms with E-state index in [4.69, 9.17) is 9.84 Å². The number of piperidine rings is 1. The van der Waals surface area contributed by atoms with Gasteiger partial charge in [0.05, 0.1) is 30.6 Å². The summed E-state index contributed by atoms with van der Waals surface area (Å²) in [5, 5.41) is 4.75. The van der Waals surface area contributed by atoms with E-state index < -0.39 is 6.36 Å². The fourth-order valence-electron chi connectivity index (χ4n) is 5.28. The predicted octanol–water partition coefficient (Wildman–Crippen LogP) is 5.83. The third kappa shape index (κ3) is 5.35. The van der Waals surface area contributed by atoms with Crippen molar-refractivity contribution in [3.05, 3.63) is 29.7 Å². The quantitative estimate of drug-likeness (QED) is 0.524. The lowest BCUT2D eigenvalue weighted by molar-refractivity contribution is -0.274. The number of alkyl halides is 3. The monoisotopic (exact) mass is 494 g/mol. The first-order valence-corrected chi connectivity index (χ1v) is 12.4. The van der Waals surface area contributed by atoms with Gasteiger partial charge in [0.1, 0.15) is 0 Å². The minimum atomic E-state index is -4.76. The summed E-state index contributed by atoms with van der Waals surface area (Å²) >= 11 is 0. The molecule has 4 heterocycles. The molecule has 3 fully saturated rings. The van der Waals surface area contributed by atoms with E-state index in [-0.39, 0.29) is 22.9 Å². The highest BCUT2D eigenvalue weighted by atomic mass is 19.4. The predicted molar refractivity (Wildman–Crippen MR) is 128 cm³/mol. The second-order valence-corrected chi connectivity index (χ2v) is 11.3. The number of nitrogens with zero attached hydrogens (tertiary/aromatic N) is 4. The normalized spacial score (nSPS) is 26.4. The molecule has 0 bridgehead atoms. The Kier molecular flexibility index (Phi) is 6.96. The lowest BCUT2D eigenvalue weighted by Crippen LogP contribution is -2.49. The van der Waals surface area contributed by atoms with Gasteiger partial charge in [0.2, 0.25) is 0 Å². The van der Waals surface area contributed by atoms with Gasteiger partial charge in [-0.05, 0) is 50.2 Å². The molecule has 3 atom stereocenters. The second-order valence-electron chi connectivity index (χ2n) is 11.3. The molecular weight excluding hydrogens is 457 g/mol. The number of aryl methyl sites for hydroxylation is 1. The maximum Gasteiger partial charge on any atom is 0.573 e. The van der Waals surface area contributed by atoms with Crippen LogP contribution in [0.2, 0.25) is 0 Å². The third-order valence-corrected chi connectivity index (χ3v) is 7.10. The van der Waals surface area contributed by atoms with E-state index >= 15 is 0 Å². The molecule has 0 N–H and O–H groups in total. The van der Waals surface area contributed by atoms with Gasteiger partial charge in [-0.25, -0.2) is 0 Å². The van der Waals surface area contributed by atoms with Crippen LogP contribution in [-0.4, -0.2) is 58.4 Å². The molecule has 6 nitrogen and oxygen atoms in total. The Labute approximate surface area is 205 Å². The van der Waals surface area contributed by atoms with Crippen molar-refractivity contribution in [1.29, 1.82) is 0 Å². The minimum Gasteiger partial charge on any atom is -0.404 e. The average molecular weight is 495 g/mol. The summed E-state index contributed by atoms with van der Waals surface area (Å²) in [4.78, 5) is 6.64. The molecule has 2 saturated heterocycles. The SMILES string of the molecule is CC(C)C.Cc1ncc(-c2cc([C@H]3[C@@H]4CN(C5COC5)C[C@@]43C)n(C(C)C)n2)cc1OC(F)(F)F. The van der Waals surface area contributed by atoms with Crippen molar-refractivity contribution in [3.8, 4) is 17.0 Å². The van der Waals surface area contributed by atoms with E-state index in [0.717, 1.165) is 37.9 Å². The molecule has 9 heteroatoms. The molecule has 2 aliphatic heterocycles. The average Bonchev–Trinajstić information content (AvgIpc) is 3.01. The molecule has 3 aliphatic rings. The van der Waals surface area contributed by atoms with Crippen molar-refractivity contribution in [2.75, 3.05) is 26.3 Å². The molecule has 0 spiro atoms. The van der Waals surface area contributed by atoms with Crippen molar-refractivity contribution >= 4 is 0 Å². The van der Waals surface area contributed by atoms with Gasteiger partial charge < -0.3 is 9.47 Å². The van der Waals surface area contributed by atoms with Crippen molar-refractivity contribution in [3.63, 3.8) is 0 Å². The highest BCUT2D eigenvalue weighted by Crippen LogP contribution is 2.69. The number of ether oxygens (including phenoxy) is 2. The van der Waals surface area contributed by atoms with Crippen LogP contribution >= 0.6 is 0 Å². The summed E-state index contributed by atoms with van der Waals surface area (Å²) < 4.78 is 49.8. The minimum absolute atomic E-state index is 0.147. The largest absolute Gasteiger partial charge is 0.573 e. The molecule has 35 heavy (non-hydrogen) atoms. The number of halogens is 3. The maximum atomic E-state index is 12.8. The lowest BCUT2D eigenvalue weighted by atomic mass is 10.0. The van der Waals surface area contributed by atoms with E-state index in [0.29, 0.717) is 29.1 Å². The lowest BCUT2D eigenvalue weighted by Gasteiger charge is -2.36. The van der Waals surface area contributed by atoms with Crippen molar-refractivity contribution < 1.29 is 22.6 Å². The van der Waals surface area contributed by atoms with E-state index in [1.54, 1.807) is 6.20 Å². The van der Waals surface area contributed by atoms with Gasteiger partial charge in [-0.15, -0.1) is 13.2 Å². The number of hydrogen-bond donors (Lipinski definition) is 0. The first-order valence-electron chi connectivity index (χ1n) is 12.4. The molecule has 194 valence electrons. The fraction of sp³-hybridized carbons (Fsp3) is 0.692. The third-order valence-electron chi connectivity index (χ3n) is 7.10. The Balaban J connectivity index is 0.000000672. The summed E-state index contributed by atoms with van der Waals surface area (Å²) in [6.45, 7) is 18.2. The van der Waals surface area contributed by atoms with Crippen molar-refractivity contribution in [2.24, 2.45) is 17.3 Å². The molecule has 0 radical (unpaired) electrons. The first-order chi connectivity index (χ1) is 16.3. The fourth-order valence-corrected chi connectivity index (χ4v) is 5.28. The standard InChI is InChI=1S/C22H27F3N4O2.C4H10/c1-12(2)29-18(20-16-8-28(11-21(16,20)4)15-9-30-10-15)6-17(27-29)14-5-19(13(3)26-7-14)31-22(23,24)25;1-4(2)3/h5-7,12,15-16,20H,8-11H2,1-4H3;4H,1-3H3/t16-,20+,21-;/m0./s1. The number of hydrogen-bond acceptors (Lipinski definition) is 5. The van der Waals surface area contributed by atoms with Gasteiger partial charge in [0.25, 0.3) is 0 Å². The number of fused-ring (bicyclic) bond motifs is 1. The van der Waals surface area contributed by atoms with Crippen LogP contribution in [0.1, 0.15) is 64.9 Å². The molecule has 5 rings (SSSR count). The van der Waals surface area contributed by atoms with E-state index in [9.17, 15) is 13.2 Å². The zero-order valence-corrected chi connectivity index (χ0v) is 21.7. The van der Waals surface area contributed by atoms with Crippen LogP contribution in [0.15, 0.2) is 18.3 Å². The summed E-state index contributed by atoms with van der Waals surface area (Å²) in [5.41, 5.74) is 2.70. The smallest absolute Gasteiger partial charge is 0.404 e. The van der Waals surface area contributed by atoms with E-state index in [1.165, 1.54) is 13.0 Å². The highest BCUT2D eigenvalue weighted by Gasteiger charge is 2.68. The first kappa shape index (κ1) is 25.9. The maximum absolute atomic E-state index is 12.8. The molecule has 2 aromatic rings. The molecular formula is C26H37F3N4O2. The van der Waals surface area contributed by atoms with Gasteiger partial charge in [-0.3, -0.25) is 14.6 Å². The van der Waals surface area contributed by atoms with E-state index in [2.05, 4.69) is 56.2 Å². The van der Waals surface area contributed by atoms with Crippen molar-refractivity contribution in [1.82, 2.24) is 19.7 Å². The van der Waals surface area contributed by atoms with E-state index in [1.807, 2.05) is 10.7 Å². The zero-order valence-electron chi connectivity index (χ0n) is 21.7. The Morgan fingerprint density at radius 2 is 1.80 bits per heavy atom. The molecule has 0 amide bonds. The van der Waals surface area contributed by atoms with Crippen LogP contribution in [0.4, 0.5) is 13.2 Å². The zero-order chi connectivity index (χ0) is 25.7. The van der Waals surface area contributed by atoms with Crippen LogP contribution in [0, 0.1) is 24.2 Å². The Morgan fingerprint density at radius 3 is 2.29 bits per heavy atom. The van der Waals surface area contributed by atoms with Crippen LogP contribution in [0.25, 0.3) is 11.3 Å². The summed E-state index contributed by atoms with van der Waals surface area (Å²) in [6.07, 6.45) is -3.20. The summed E-state index contributed by atoms with van der Waals surface area (Å²) in [5.74, 6) is 1.51. The van der Waals surface area contributed by atoms with Gasteiger partial charge in [0, 0.05) is 42.5 Å². The number of pyridine rings is 1. The van der Waals surface area contributed by atoms with Crippen LogP contribution in [0.5, 0.6) is 5.75 Å². The molecule has 1 saturated carbocycles. The van der Waals surface area contributed by atoms with Crippen LogP contribution in [-0.2, 0) is 4.74 Å². The molecule has 0 unspecified atom stereocenters. The summed E-state index contributed by atoms with van der Waals surface area (Å²) in [7, 11) is 0. The van der Waals surface area contributed by atoms with Gasteiger partial charge in [-0.1, -0.05) is 27.7 Å². The van der Waals surface area contributed by atoms with Crippen LogP contribution < -0.4 is 4.74 Å². The van der Waals surface area contributed by atoms with Crippen LogP contribution in [0.3, 0.4) is 0 Å². The van der Waals surface area contributed by atoms with Crippen molar-refractivity contribution in [2.45, 2.75) is 72.8 Å². The number of likely N-dealkylation sites (tertiary alicyclic amines) is 1. The Morgan fingerprint density at radius 1 is 1.14 bits per heavy atom. The van der Waals surface area contributed by atoms with Gasteiger partial charge in [-0.2, -0.15) is 5.10 Å². The Bertz CT molecular complexity index is 1040. The molecule has 0 aromatic carbocycles. The van der Waals surface area contributed by atoms with Gasteiger partial charge in [0.15, 0.2) is 5.75 Å². The molecule has 2 aromatic heterocycles. The Hall–Kier alpha value is -2.13. The molecule has 1 aliphatic carbocycles. The highest BCUT2D eigenvalue weighted by molar-refractivity contribution is 5.61. The number of aromatic nitrogens is 3. The number of rotatable bonds is 5. The van der Waals surface area contributed by atoms with Gasteiger partial charge >= 0.3 is 6.36 Å². The topological polar surface area (TPSA) is 52.4 Å². The second kappa shape index (κ2) is 9.39.